The van der Waals surface area contributed by atoms with Gasteiger partial charge in [-0.15, -0.1) is 0 Å². The maximum Gasteiger partial charge on any atom is 0.227 e. The van der Waals surface area contributed by atoms with E-state index in [9.17, 15) is 9.59 Å². The number of benzene rings is 1. The number of nitrogens with one attached hydrogen (secondary N) is 1. The Kier molecular flexibility index (Phi) is 5.86. The summed E-state index contributed by atoms with van der Waals surface area (Å²) in [6.07, 6.45) is 7.27. The molecule has 5 nitrogen and oxygen atoms in total. The summed E-state index contributed by atoms with van der Waals surface area (Å²) in [6, 6.07) is 8.14. The highest BCUT2D eigenvalue weighted by atomic mass is 16.1. The van der Waals surface area contributed by atoms with Gasteiger partial charge in [-0.05, 0) is 44.2 Å². The van der Waals surface area contributed by atoms with Crippen molar-refractivity contribution in [2.45, 2.75) is 52.0 Å². The number of carbonyl (C=O) groups is 2. The van der Waals surface area contributed by atoms with E-state index in [1.54, 1.807) is 6.20 Å². The molecule has 2 atom stereocenters. The molecule has 5 heteroatoms. The molecule has 1 aliphatic rings. The van der Waals surface area contributed by atoms with Crippen LogP contribution in [-0.4, -0.2) is 27.8 Å². The molecule has 0 spiro atoms. The predicted octanol–water partition coefficient (Wildman–Crippen LogP) is 3.02. The van der Waals surface area contributed by atoms with Gasteiger partial charge in [-0.3, -0.25) is 9.59 Å². The molecule has 0 radical (unpaired) electrons. The number of amides is 1. The zero-order valence-corrected chi connectivity index (χ0v) is 15.6. The molecule has 1 fully saturated rings. The van der Waals surface area contributed by atoms with E-state index in [1.807, 2.05) is 36.7 Å². The Balaban J connectivity index is 1.50. The smallest absolute Gasteiger partial charge is 0.227 e. The number of aryl methyl sites for hydroxylation is 1. The van der Waals surface area contributed by atoms with Crippen molar-refractivity contribution >= 4 is 11.7 Å². The third kappa shape index (κ3) is 4.40. The van der Waals surface area contributed by atoms with Crippen LogP contribution in [0.25, 0.3) is 0 Å². The molecule has 1 aromatic carbocycles. The van der Waals surface area contributed by atoms with Crippen LogP contribution >= 0.6 is 0 Å². The molecule has 1 N–H and O–H groups in total. The molecule has 3 rings (SSSR count). The summed E-state index contributed by atoms with van der Waals surface area (Å²) in [5.74, 6) is 1.37. The number of hydrogen-bond acceptors (Lipinski definition) is 3. The third-order valence-electron chi connectivity index (χ3n) is 5.36. The maximum absolute atomic E-state index is 12.4. The van der Waals surface area contributed by atoms with Crippen LogP contribution in [0.3, 0.4) is 0 Å². The first-order valence-corrected chi connectivity index (χ1v) is 9.41. The van der Waals surface area contributed by atoms with E-state index >= 15 is 0 Å². The summed E-state index contributed by atoms with van der Waals surface area (Å²) >= 11 is 0. The molecule has 1 saturated carbocycles. The van der Waals surface area contributed by atoms with E-state index < -0.39 is 0 Å². The Labute approximate surface area is 154 Å². The predicted molar refractivity (Wildman–Crippen MR) is 101 cm³/mol. The molecule has 0 aliphatic heterocycles. The fourth-order valence-electron chi connectivity index (χ4n) is 3.57. The summed E-state index contributed by atoms with van der Waals surface area (Å²) in [7, 11) is 0. The monoisotopic (exact) mass is 353 g/mol. The Morgan fingerprint density at radius 2 is 2.12 bits per heavy atom. The highest BCUT2D eigenvalue weighted by molar-refractivity contribution is 5.83. The van der Waals surface area contributed by atoms with Crippen LogP contribution in [0.4, 0.5) is 0 Å². The number of carbonyl (C=O) groups excluding carboxylic acids is 2. The Morgan fingerprint density at radius 3 is 2.73 bits per heavy atom. The Morgan fingerprint density at radius 1 is 1.35 bits per heavy atom. The summed E-state index contributed by atoms with van der Waals surface area (Å²) < 4.78 is 2.02. The van der Waals surface area contributed by atoms with Crippen molar-refractivity contribution < 1.29 is 9.59 Å². The first kappa shape index (κ1) is 18.4. The lowest BCUT2D eigenvalue weighted by atomic mass is 9.94. The number of nitrogens with zero attached hydrogens (tertiary/aromatic N) is 2. The number of ketones is 1. The second-order valence-corrected chi connectivity index (χ2v) is 7.18. The SMILES string of the molecule is Cc1nccn1CCNC(=O)[C@H](C)c1ccc(C[C@H]2CCCC2=O)cc1. The third-order valence-corrected chi connectivity index (χ3v) is 5.36. The molecular formula is C21H27N3O2. The van der Waals surface area contributed by atoms with E-state index in [1.165, 1.54) is 5.56 Å². The molecule has 1 aliphatic carbocycles. The lowest BCUT2D eigenvalue weighted by molar-refractivity contribution is -0.122. The average molecular weight is 353 g/mol. The van der Waals surface area contributed by atoms with Crippen LogP contribution < -0.4 is 5.32 Å². The number of hydrogen-bond donors (Lipinski definition) is 1. The maximum atomic E-state index is 12.4. The van der Waals surface area contributed by atoms with Gasteiger partial charge in [0.15, 0.2) is 0 Å². The molecule has 1 heterocycles. The van der Waals surface area contributed by atoms with Crippen LogP contribution in [-0.2, 0) is 22.6 Å². The molecule has 138 valence electrons. The van der Waals surface area contributed by atoms with Gasteiger partial charge in [0.25, 0.3) is 0 Å². The standard InChI is InChI=1S/C21H27N3O2/c1-15(21(26)23-11-13-24-12-10-22-16(24)2)18-8-6-17(7-9-18)14-19-4-3-5-20(19)25/h6-10,12,15,19H,3-5,11,13-14H2,1-2H3,(H,23,26)/t15-,19-/m1/s1. The highest BCUT2D eigenvalue weighted by Gasteiger charge is 2.24. The van der Waals surface area contributed by atoms with Gasteiger partial charge in [-0.25, -0.2) is 4.98 Å². The molecule has 1 amide bonds. The van der Waals surface area contributed by atoms with Crippen molar-refractivity contribution in [3.63, 3.8) is 0 Å². The van der Waals surface area contributed by atoms with E-state index in [0.29, 0.717) is 12.3 Å². The highest BCUT2D eigenvalue weighted by Crippen LogP contribution is 2.25. The second-order valence-electron chi connectivity index (χ2n) is 7.18. The van der Waals surface area contributed by atoms with Crippen LogP contribution in [0.1, 0.15) is 49.1 Å². The zero-order valence-electron chi connectivity index (χ0n) is 15.6. The van der Waals surface area contributed by atoms with Crippen molar-refractivity contribution in [1.82, 2.24) is 14.9 Å². The molecule has 2 aromatic rings. The van der Waals surface area contributed by atoms with Crippen molar-refractivity contribution in [2.24, 2.45) is 5.92 Å². The number of imidazole rings is 1. The lowest BCUT2D eigenvalue weighted by Gasteiger charge is -2.14. The fraction of sp³-hybridized carbons (Fsp3) is 0.476. The lowest BCUT2D eigenvalue weighted by Crippen LogP contribution is -2.31. The van der Waals surface area contributed by atoms with E-state index in [2.05, 4.69) is 22.4 Å². The minimum atomic E-state index is -0.193. The molecular weight excluding hydrogens is 326 g/mol. The van der Waals surface area contributed by atoms with Crippen LogP contribution in [0.15, 0.2) is 36.7 Å². The van der Waals surface area contributed by atoms with Gasteiger partial charge in [0.2, 0.25) is 5.91 Å². The van der Waals surface area contributed by atoms with Crippen LogP contribution in [0.2, 0.25) is 0 Å². The minimum Gasteiger partial charge on any atom is -0.354 e. The van der Waals surface area contributed by atoms with E-state index in [-0.39, 0.29) is 17.7 Å². The molecule has 0 unspecified atom stereocenters. The molecule has 0 saturated heterocycles. The van der Waals surface area contributed by atoms with Crippen molar-refractivity contribution in [3.8, 4) is 0 Å². The first-order valence-electron chi connectivity index (χ1n) is 9.41. The fourth-order valence-corrected chi connectivity index (χ4v) is 3.57. The summed E-state index contributed by atoms with van der Waals surface area (Å²) in [4.78, 5) is 28.3. The summed E-state index contributed by atoms with van der Waals surface area (Å²) in [5.41, 5.74) is 2.18. The minimum absolute atomic E-state index is 0.0292. The molecule has 0 bridgehead atoms. The van der Waals surface area contributed by atoms with Gasteiger partial charge in [0.1, 0.15) is 11.6 Å². The Bertz CT molecular complexity index is 764. The van der Waals surface area contributed by atoms with Gasteiger partial charge in [0.05, 0.1) is 5.92 Å². The number of Topliss-reactive ketones (excluding diaryl/α,β-unsaturated/α-hetero) is 1. The van der Waals surface area contributed by atoms with Gasteiger partial charge in [-0.2, -0.15) is 0 Å². The summed E-state index contributed by atoms with van der Waals surface area (Å²) in [5, 5.41) is 2.99. The van der Waals surface area contributed by atoms with Gasteiger partial charge >= 0.3 is 0 Å². The van der Waals surface area contributed by atoms with Crippen molar-refractivity contribution in [3.05, 3.63) is 53.6 Å². The number of rotatable bonds is 7. The Hall–Kier alpha value is -2.43. The quantitative estimate of drug-likeness (QED) is 0.832. The topological polar surface area (TPSA) is 64.0 Å². The van der Waals surface area contributed by atoms with Gasteiger partial charge < -0.3 is 9.88 Å². The largest absolute Gasteiger partial charge is 0.354 e. The molecule has 26 heavy (non-hydrogen) atoms. The second kappa shape index (κ2) is 8.30. The van der Waals surface area contributed by atoms with Crippen LogP contribution in [0, 0.1) is 12.8 Å². The van der Waals surface area contributed by atoms with Crippen LogP contribution in [0.5, 0.6) is 0 Å². The van der Waals surface area contributed by atoms with E-state index in [4.69, 9.17) is 0 Å². The van der Waals surface area contributed by atoms with Crippen molar-refractivity contribution in [1.29, 1.82) is 0 Å². The first-order chi connectivity index (χ1) is 12.5. The van der Waals surface area contributed by atoms with Gasteiger partial charge in [-0.1, -0.05) is 24.3 Å². The normalized spacial score (nSPS) is 18.1. The molecule has 1 aromatic heterocycles. The van der Waals surface area contributed by atoms with Gasteiger partial charge in [0, 0.05) is 37.8 Å². The van der Waals surface area contributed by atoms with Crippen molar-refractivity contribution in [2.75, 3.05) is 6.54 Å². The average Bonchev–Trinajstić information content (AvgIpc) is 3.23. The summed E-state index contributed by atoms with van der Waals surface area (Å²) in [6.45, 7) is 5.18. The number of aromatic nitrogens is 2. The van der Waals surface area contributed by atoms with E-state index in [0.717, 1.165) is 43.6 Å². The zero-order chi connectivity index (χ0) is 18.5.